The number of amides is 2. The van der Waals surface area contributed by atoms with E-state index >= 15 is 0 Å². The Bertz CT molecular complexity index is 852. The highest BCUT2D eigenvalue weighted by molar-refractivity contribution is 6.05. The Balaban J connectivity index is 1.73. The summed E-state index contributed by atoms with van der Waals surface area (Å²) in [7, 11) is 3.13. The maximum atomic E-state index is 12.5. The van der Waals surface area contributed by atoms with Crippen LogP contribution in [0.5, 0.6) is 17.2 Å². The molecule has 0 aliphatic carbocycles. The molecule has 0 saturated carbocycles. The van der Waals surface area contributed by atoms with E-state index in [1.807, 2.05) is 0 Å². The van der Waals surface area contributed by atoms with Crippen molar-refractivity contribution < 1.29 is 28.5 Å². The second kappa shape index (κ2) is 8.41. The summed E-state index contributed by atoms with van der Waals surface area (Å²) in [6.07, 6.45) is 0. The van der Waals surface area contributed by atoms with Crippen molar-refractivity contribution in [1.82, 2.24) is 0 Å². The normalized spacial score (nSPS) is 12.4. The fourth-order valence-corrected chi connectivity index (χ4v) is 2.52. The summed E-state index contributed by atoms with van der Waals surface area (Å²) in [4.78, 5) is 23.9. The summed E-state index contributed by atoms with van der Waals surface area (Å²) in [6.45, 7) is 0.724. The van der Waals surface area contributed by atoms with E-state index in [-0.39, 0.29) is 18.4 Å². The van der Waals surface area contributed by atoms with Gasteiger partial charge in [0, 0.05) is 24.4 Å². The van der Waals surface area contributed by atoms with Gasteiger partial charge in [-0.3, -0.25) is 9.59 Å². The number of carbonyl (C=O) groups is 2. The van der Waals surface area contributed by atoms with Crippen LogP contribution in [0.25, 0.3) is 0 Å². The number of carbonyl (C=O) groups excluding carboxylic acids is 2. The fraction of sp³-hybridized carbons (Fsp3) is 0.263. The highest BCUT2D eigenvalue weighted by Crippen LogP contribution is 2.31. The molecule has 142 valence electrons. The average molecular weight is 372 g/mol. The van der Waals surface area contributed by atoms with E-state index in [9.17, 15) is 9.59 Å². The van der Waals surface area contributed by atoms with Crippen LogP contribution in [0.4, 0.5) is 11.4 Å². The van der Waals surface area contributed by atoms with E-state index in [0.29, 0.717) is 47.4 Å². The summed E-state index contributed by atoms with van der Waals surface area (Å²) in [5.41, 5.74) is 1.50. The van der Waals surface area contributed by atoms with Crippen LogP contribution in [0, 0.1) is 0 Å². The molecule has 0 saturated heterocycles. The van der Waals surface area contributed by atoms with Crippen molar-refractivity contribution in [3.63, 3.8) is 0 Å². The molecule has 2 aromatic rings. The first-order valence-electron chi connectivity index (χ1n) is 8.28. The highest BCUT2D eigenvalue weighted by Gasteiger charge is 2.18. The van der Waals surface area contributed by atoms with Crippen molar-refractivity contribution >= 4 is 23.2 Å². The van der Waals surface area contributed by atoms with Crippen LogP contribution in [0.15, 0.2) is 36.4 Å². The number of hydrogen-bond donors (Lipinski definition) is 2. The summed E-state index contributed by atoms with van der Waals surface area (Å²) in [6, 6.07) is 9.95. The zero-order valence-electron chi connectivity index (χ0n) is 15.0. The Labute approximate surface area is 156 Å². The van der Waals surface area contributed by atoms with E-state index in [0.717, 1.165) is 0 Å². The lowest BCUT2D eigenvalue weighted by Gasteiger charge is -2.18. The van der Waals surface area contributed by atoms with Crippen LogP contribution in [0.2, 0.25) is 0 Å². The van der Waals surface area contributed by atoms with Crippen LogP contribution in [0.3, 0.4) is 0 Å². The smallest absolute Gasteiger partial charge is 0.262 e. The van der Waals surface area contributed by atoms with Gasteiger partial charge in [0.2, 0.25) is 0 Å². The minimum atomic E-state index is -0.314. The Morgan fingerprint density at radius 1 is 1.15 bits per heavy atom. The maximum Gasteiger partial charge on any atom is 0.262 e. The maximum absolute atomic E-state index is 12.5. The molecule has 0 atom stereocenters. The quantitative estimate of drug-likeness (QED) is 0.724. The first kappa shape index (κ1) is 18.5. The van der Waals surface area contributed by atoms with E-state index in [1.54, 1.807) is 50.6 Å². The van der Waals surface area contributed by atoms with Crippen LogP contribution in [-0.2, 0) is 9.53 Å². The molecule has 0 bridgehead atoms. The van der Waals surface area contributed by atoms with Gasteiger partial charge in [0.1, 0.15) is 12.4 Å². The predicted octanol–water partition coefficient (Wildman–Crippen LogP) is 2.30. The van der Waals surface area contributed by atoms with Crippen LogP contribution < -0.4 is 24.8 Å². The number of ether oxygens (including phenoxy) is 4. The van der Waals surface area contributed by atoms with Gasteiger partial charge in [0.25, 0.3) is 11.8 Å². The first-order chi connectivity index (χ1) is 13.1. The van der Waals surface area contributed by atoms with Crippen LogP contribution in [0.1, 0.15) is 10.4 Å². The minimum Gasteiger partial charge on any atom is -0.493 e. The molecule has 8 nitrogen and oxygen atoms in total. The van der Waals surface area contributed by atoms with E-state index in [2.05, 4.69) is 10.6 Å². The van der Waals surface area contributed by atoms with E-state index in [4.69, 9.17) is 18.9 Å². The molecule has 2 amide bonds. The van der Waals surface area contributed by atoms with E-state index < -0.39 is 0 Å². The van der Waals surface area contributed by atoms with Gasteiger partial charge in [-0.15, -0.1) is 0 Å². The van der Waals surface area contributed by atoms with Gasteiger partial charge in [0.05, 0.1) is 19.4 Å². The van der Waals surface area contributed by atoms with Crippen LogP contribution in [-0.4, -0.2) is 45.9 Å². The monoisotopic (exact) mass is 372 g/mol. The molecule has 1 heterocycles. The van der Waals surface area contributed by atoms with Gasteiger partial charge in [-0.1, -0.05) is 0 Å². The number of methoxy groups -OCH3 is 2. The molecule has 8 heteroatoms. The molecule has 0 radical (unpaired) electrons. The molecule has 2 N–H and O–H groups in total. The lowest BCUT2D eigenvalue weighted by molar-refractivity contribution is -0.118. The lowest BCUT2D eigenvalue weighted by Crippen LogP contribution is -2.25. The SMILES string of the molecule is COCCOc1cc(NC(=O)c2ccc3c(c2)OCC(=O)N3)ccc1OC. The zero-order chi connectivity index (χ0) is 19.2. The molecular weight excluding hydrogens is 352 g/mol. The van der Waals surface area contributed by atoms with Crippen molar-refractivity contribution in [2.45, 2.75) is 0 Å². The van der Waals surface area contributed by atoms with Gasteiger partial charge < -0.3 is 29.6 Å². The number of benzene rings is 2. The number of nitrogens with one attached hydrogen (secondary N) is 2. The zero-order valence-corrected chi connectivity index (χ0v) is 15.0. The summed E-state index contributed by atoms with van der Waals surface area (Å²) in [5, 5.41) is 5.49. The Kier molecular flexibility index (Phi) is 5.77. The number of hydrogen-bond acceptors (Lipinski definition) is 6. The van der Waals surface area contributed by atoms with Gasteiger partial charge in [-0.25, -0.2) is 0 Å². The molecule has 2 aromatic carbocycles. The molecule has 0 aromatic heterocycles. The standard InChI is InChI=1S/C19H20N2O6/c1-24-7-8-26-17-10-13(4-6-15(17)25-2)20-19(23)12-3-5-14-16(9-12)27-11-18(22)21-14/h3-6,9-10H,7-8,11H2,1-2H3,(H,20,23)(H,21,22). The molecular formula is C19H20N2O6. The van der Waals surface area contributed by atoms with Crippen molar-refractivity contribution in [2.75, 3.05) is 44.7 Å². The van der Waals surface area contributed by atoms with E-state index in [1.165, 1.54) is 0 Å². The van der Waals surface area contributed by atoms with Crippen LogP contribution >= 0.6 is 0 Å². The Morgan fingerprint density at radius 3 is 2.78 bits per heavy atom. The molecule has 27 heavy (non-hydrogen) atoms. The minimum absolute atomic E-state index is 0.0707. The topological polar surface area (TPSA) is 95.1 Å². The van der Waals surface area contributed by atoms with Gasteiger partial charge >= 0.3 is 0 Å². The third kappa shape index (κ3) is 4.48. The van der Waals surface area contributed by atoms with Crippen molar-refractivity contribution in [1.29, 1.82) is 0 Å². The third-order valence-corrected chi connectivity index (χ3v) is 3.84. The molecule has 0 unspecified atom stereocenters. The summed E-state index contributed by atoms with van der Waals surface area (Å²) >= 11 is 0. The highest BCUT2D eigenvalue weighted by atomic mass is 16.5. The lowest BCUT2D eigenvalue weighted by atomic mass is 10.1. The predicted molar refractivity (Wildman–Crippen MR) is 98.9 cm³/mol. The van der Waals surface area contributed by atoms with Crippen molar-refractivity contribution in [3.05, 3.63) is 42.0 Å². The average Bonchev–Trinajstić information content (AvgIpc) is 2.68. The molecule has 0 spiro atoms. The third-order valence-electron chi connectivity index (χ3n) is 3.84. The second-order valence-electron chi connectivity index (χ2n) is 5.71. The summed E-state index contributed by atoms with van der Waals surface area (Å²) in [5.74, 6) is 0.983. The fourth-order valence-electron chi connectivity index (χ4n) is 2.52. The molecule has 1 aliphatic rings. The van der Waals surface area contributed by atoms with Gasteiger partial charge in [-0.05, 0) is 30.3 Å². The second-order valence-corrected chi connectivity index (χ2v) is 5.71. The number of rotatable bonds is 7. The van der Waals surface area contributed by atoms with Gasteiger partial charge in [-0.2, -0.15) is 0 Å². The Morgan fingerprint density at radius 2 is 2.00 bits per heavy atom. The molecule has 3 rings (SSSR count). The first-order valence-corrected chi connectivity index (χ1v) is 8.28. The summed E-state index contributed by atoms with van der Waals surface area (Å²) < 4.78 is 21.2. The largest absolute Gasteiger partial charge is 0.493 e. The molecule has 1 aliphatic heterocycles. The number of anilines is 2. The van der Waals surface area contributed by atoms with Gasteiger partial charge in [0.15, 0.2) is 18.1 Å². The molecule has 0 fully saturated rings. The Hall–Kier alpha value is -3.26. The number of fused-ring (bicyclic) bond motifs is 1. The van der Waals surface area contributed by atoms with Crippen molar-refractivity contribution in [3.8, 4) is 17.2 Å². The van der Waals surface area contributed by atoms with Crippen molar-refractivity contribution in [2.24, 2.45) is 0 Å².